The second-order valence-electron chi connectivity index (χ2n) is 4.54. The van der Waals surface area contributed by atoms with Gasteiger partial charge in [-0.15, -0.1) is 0 Å². The number of aryl methyl sites for hydroxylation is 2. The third kappa shape index (κ3) is 3.05. The van der Waals surface area contributed by atoms with Crippen LogP contribution in [0.3, 0.4) is 0 Å². The molecule has 1 heterocycles. The Balaban J connectivity index is 2.12. The van der Waals surface area contributed by atoms with Crippen molar-refractivity contribution >= 4 is 5.82 Å². The van der Waals surface area contributed by atoms with Gasteiger partial charge in [-0.3, -0.25) is 0 Å². The first-order valence-electron chi connectivity index (χ1n) is 6.52. The first-order valence-corrected chi connectivity index (χ1v) is 6.52. The topological polar surface area (TPSA) is 37.8 Å². The van der Waals surface area contributed by atoms with Crippen LogP contribution in [0, 0.1) is 6.92 Å². The molecule has 0 unspecified atom stereocenters. The molecule has 3 heteroatoms. The van der Waals surface area contributed by atoms with Crippen LogP contribution in [0.5, 0.6) is 0 Å². The molecule has 17 heavy (non-hydrogen) atoms. The molecule has 0 aliphatic heterocycles. The number of rotatable bonds is 4. The quantitative estimate of drug-likeness (QED) is 0.639. The van der Waals surface area contributed by atoms with Crippen molar-refractivity contribution < 1.29 is 0 Å². The predicted molar refractivity (Wildman–Crippen MR) is 71.3 cm³/mol. The van der Waals surface area contributed by atoms with Gasteiger partial charge in [0.2, 0.25) is 0 Å². The van der Waals surface area contributed by atoms with Gasteiger partial charge < -0.3 is 5.32 Å². The van der Waals surface area contributed by atoms with E-state index in [-0.39, 0.29) is 0 Å². The SMILES string of the molecule is C/C=C/CCNc1nc(C)nc2c1CCCC2. The molecule has 1 aromatic heterocycles. The fourth-order valence-electron chi connectivity index (χ4n) is 2.30. The molecule has 0 fully saturated rings. The molecular formula is C14H21N3. The molecule has 0 aromatic carbocycles. The number of anilines is 1. The van der Waals surface area contributed by atoms with E-state index in [0.717, 1.165) is 37.4 Å². The summed E-state index contributed by atoms with van der Waals surface area (Å²) in [5, 5.41) is 3.45. The highest BCUT2D eigenvalue weighted by atomic mass is 15.0. The minimum Gasteiger partial charge on any atom is -0.369 e. The average Bonchev–Trinajstić information content (AvgIpc) is 2.34. The maximum atomic E-state index is 4.55. The lowest BCUT2D eigenvalue weighted by Gasteiger charge is -2.19. The van der Waals surface area contributed by atoms with E-state index >= 15 is 0 Å². The van der Waals surface area contributed by atoms with Gasteiger partial charge in [0, 0.05) is 17.8 Å². The summed E-state index contributed by atoms with van der Waals surface area (Å²) < 4.78 is 0. The highest BCUT2D eigenvalue weighted by Gasteiger charge is 2.16. The van der Waals surface area contributed by atoms with Gasteiger partial charge >= 0.3 is 0 Å². The van der Waals surface area contributed by atoms with Gasteiger partial charge in [0.25, 0.3) is 0 Å². The Hall–Kier alpha value is -1.38. The van der Waals surface area contributed by atoms with E-state index in [0.29, 0.717) is 0 Å². The van der Waals surface area contributed by atoms with Crippen LogP contribution in [0.25, 0.3) is 0 Å². The highest BCUT2D eigenvalue weighted by Crippen LogP contribution is 2.25. The molecule has 0 saturated carbocycles. The van der Waals surface area contributed by atoms with Crippen molar-refractivity contribution in [1.29, 1.82) is 0 Å². The molecule has 0 radical (unpaired) electrons. The highest BCUT2D eigenvalue weighted by molar-refractivity contribution is 5.47. The van der Waals surface area contributed by atoms with Crippen molar-refractivity contribution in [1.82, 2.24) is 9.97 Å². The fourth-order valence-corrected chi connectivity index (χ4v) is 2.30. The maximum Gasteiger partial charge on any atom is 0.133 e. The zero-order valence-electron chi connectivity index (χ0n) is 10.8. The Bertz CT molecular complexity index is 410. The molecule has 1 aromatic rings. The molecule has 1 aliphatic rings. The lowest BCUT2D eigenvalue weighted by molar-refractivity contribution is 0.659. The van der Waals surface area contributed by atoms with Crippen LogP contribution in [0.2, 0.25) is 0 Å². The van der Waals surface area contributed by atoms with E-state index in [4.69, 9.17) is 0 Å². The summed E-state index contributed by atoms with van der Waals surface area (Å²) in [5.41, 5.74) is 2.61. The third-order valence-corrected chi connectivity index (χ3v) is 3.13. The summed E-state index contributed by atoms with van der Waals surface area (Å²) in [5.74, 6) is 1.95. The zero-order chi connectivity index (χ0) is 12.1. The fraction of sp³-hybridized carbons (Fsp3) is 0.571. The van der Waals surface area contributed by atoms with E-state index < -0.39 is 0 Å². The second kappa shape index (κ2) is 5.80. The summed E-state index contributed by atoms with van der Waals surface area (Å²) in [6, 6.07) is 0. The molecule has 0 bridgehead atoms. The Kier molecular flexibility index (Phi) is 4.13. The van der Waals surface area contributed by atoms with E-state index in [1.54, 1.807) is 0 Å². The van der Waals surface area contributed by atoms with Gasteiger partial charge in [-0.05, 0) is 46.0 Å². The van der Waals surface area contributed by atoms with Crippen molar-refractivity contribution in [2.75, 3.05) is 11.9 Å². The summed E-state index contributed by atoms with van der Waals surface area (Å²) in [4.78, 5) is 9.09. The minimum atomic E-state index is 0.888. The van der Waals surface area contributed by atoms with E-state index in [9.17, 15) is 0 Å². The Morgan fingerprint density at radius 1 is 1.24 bits per heavy atom. The molecule has 0 spiro atoms. The average molecular weight is 231 g/mol. The number of hydrogen-bond donors (Lipinski definition) is 1. The lowest BCUT2D eigenvalue weighted by Crippen LogP contribution is -2.14. The van der Waals surface area contributed by atoms with Gasteiger partial charge in [0.05, 0.1) is 0 Å². The summed E-state index contributed by atoms with van der Waals surface area (Å²) >= 11 is 0. The van der Waals surface area contributed by atoms with E-state index in [1.807, 2.05) is 6.92 Å². The Morgan fingerprint density at radius 2 is 2.06 bits per heavy atom. The van der Waals surface area contributed by atoms with Crippen molar-refractivity contribution in [2.45, 2.75) is 46.0 Å². The molecule has 1 aliphatic carbocycles. The molecule has 0 saturated heterocycles. The normalized spacial score (nSPS) is 14.9. The molecular weight excluding hydrogens is 210 g/mol. The molecule has 3 nitrogen and oxygen atoms in total. The number of nitrogens with zero attached hydrogens (tertiary/aromatic N) is 2. The predicted octanol–water partition coefficient (Wildman–Crippen LogP) is 3.04. The largest absolute Gasteiger partial charge is 0.369 e. The van der Waals surface area contributed by atoms with Gasteiger partial charge in [0.15, 0.2) is 0 Å². The molecule has 2 rings (SSSR count). The first-order chi connectivity index (χ1) is 8.31. The molecule has 92 valence electrons. The van der Waals surface area contributed by atoms with E-state index in [2.05, 4.69) is 34.4 Å². The van der Waals surface area contributed by atoms with Gasteiger partial charge in [0.1, 0.15) is 11.6 Å². The van der Waals surface area contributed by atoms with Gasteiger partial charge in [-0.2, -0.15) is 0 Å². The van der Waals surface area contributed by atoms with Crippen LogP contribution in [-0.4, -0.2) is 16.5 Å². The van der Waals surface area contributed by atoms with Crippen molar-refractivity contribution in [3.8, 4) is 0 Å². The number of nitrogens with one attached hydrogen (secondary N) is 1. The molecule has 0 amide bonds. The smallest absolute Gasteiger partial charge is 0.133 e. The van der Waals surface area contributed by atoms with Gasteiger partial charge in [-0.25, -0.2) is 9.97 Å². The Morgan fingerprint density at radius 3 is 2.88 bits per heavy atom. The second-order valence-corrected chi connectivity index (χ2v) is 4.54. The number of allylic oxidation sites excluding steroid dienone is 1. The standard InChI is InChI=1S/C14H21N3/c1-3-4-7-10-15-14-12-8-5-6-9-13(12)16-11(2)17-14/h3-4H,5-10H2,1-2H3,(H,15,16,17)/b4-3+. The van der Waals surface area contributed by atoms with Crippen molar-refractivity contribution in [3.63, 3.8) is 0 Å². The summed E-state index contributed by atoms with van der Waals surface area (Å²) in [7, 11) is 0. The maximum absolute atomic E-state index is 4.55. The first kappa shape index (κ1) is 12.1. The lowest BCUT2D eigenvalue weighted by atomic mass is 9.96. The van der Waals surface area contributed by atoms with Crippen LogP contribution >= 0.6 is 0 Å². The minimum absolute atomic E-state index is 0.888. The summed E-state index contributed by atoms with van der Waals surface area (Å²) in [6.45, 7) is 4.98. The van der Waals surface area contributed by atoms with Crippen LogP contribution in [-0.2, 0) is 12.8 Å². The monoisotopic (exact) mass is 231 g/mol. The molecule has 0 atom stereocenters. The Labute approximate surface area is 103 Å². The van der Waals surface area contributed by atoms with Crippen LogP contribution in [0.15, 0.2) is 12.2 Å². The third-order valence-electron chi connectivity index (χ3n) is 3.13. The summed E-state index contributed by atoms with van der Waals surface area (Å²) in [6.07, 6.45) is 10.1. The van der Waals surface area contributed by atoms with Crippen LogP contribution in [0.4, 0.5) is 5.82 Å². The van der Waals surface area contributed by atoms with Crippen LogP contribution in [0.1, 0.15) is 43.3 Å². The van der Waals surface area contributed by atoms with E-state index in [1.165, 1.54) is 24.1 Å². The number of hydrogen-bond acceptors (Lipinski definition) is 3. The number of fused-ring (bicyclic) bond motifs is 1. The van der Waals surface area contributed by atoms with Crippen LogP contribution < -0.4 is 5.32 Å². The van der Waals surface area contributed by atoms with Crippen molar-refractivity contribution in [2.24, 2.45) is 0 Å². The van der Waals surface area contributed by atoms with Crippen molar-refractivity contribution in [3.05, 3.63) is 29.2 Å². The van der Waals surface area contributed by atoms with Gasteiger partial charge in [-0.1, -0.05) is 12.2 Å². The zero-order valence-corrected chi connectivity index (χ0v) is 10.8. The molecule has 1 N–H and O–H groups in total. The number of aromatic nitrogens is 2.